The van der Waals surface area contributed by atoms with Gasteiger partial charge in [-0.1, -0.05) is 47.6 Å². The molecule has 0 radical (unpaired) electrons. The fraction of sp³-hybridized carbons (Fsp3) is 0.0556. The summed E-state index contributed by atoms with van der Waals surface area (Å²) in [4.78, 5) is 24.4. The summed E-state index contributed by atoms with van der Waals surface area (Å²) < 4.78 is 18.7. The van der Waals surface area contributed by atoms with Crippen molar-refractivity contribution in [1.82, 2.24) is 16.0 Å². The Bertz CT molecular complexity index is 922. The molecule has 7 heteroatoms. The minimum absolute atomic E-state index is 0.173. The van der Waals surface area contributed by atoms with Gasteiger partial charge in [-0.15, -0.1) is 0 Å². The number of aryl methyl sites for hydroxylation is 1. The zero-order chi connectivity index (χ0) is 17.8. The number of hydrogen-bond acceptors (Lipinski definition) is 4. The van der Waals surface area contributed by atoms with E-state index in [2.05, 4.69) is 16.0 Å². The molecule has 0 aliphatic heterocycles. The van der Waals surface area contributed by atoms with Gasteiger partial charge >= 0.3 is 0 Å². The molecule has 3 rings (SSSR count). The minimum Gasteiger partial charge on any atom is -0.360 e. The van der Waals surface area contributed by atoms with Crippen LogP contribution in [0.15, 0.2) is 59.1 Å². The van der Waals surface area contributed by atoms with Crippen molar-refractivity contribution in [2.24, 2.45) is 0 Å². The largest absolute Gasteiger partial charge is 0.360 e. The molecule has 126 valence electrons. The van der Waals surface area contributed by atoms with Crippen LogP contribution in [0.3, 0.4) is 0 Å². The van der Waals surface area contributed by atoms with Crippen molar-refractivity contribution in [2.45, 2.75) is 6.92 Å². The lowest BCUT2D eigenvalue weighted by molar-refractivity contribution is 0.0843. The number of nitrogens with one attached hydrogen (secondary N) is 2. The van der Waals surface area contributed by atoms with E-state index >= 15 is 0 Å². The van der Waals surface area contributed by atoms with E-state index in [9.17, 15) is 14.0 Å². The maximum absolute atomic E-state index is 13.6. The van der Waals surface area contributed by atoms with Gasteiger partial charge in [0.25, 0.3) is 11.8 Å². The average molecular weight is 339 g/mol. The topological polar surface area (TPSA) is 84.2 Å². The van der Waals surface area contributed by atoms with Crippen molar-refractivity contribution in [3.63, 3.8) is 0 Å². The van der Waals surface area contributed by atoms with Crippen molar-refractivity contribution in [1.29, 1.82) is 0 Å². The van der Waals surface area contributed by atoms with Crippen molar-refractivity contribution < 1.29 is 18.5 Å². The lowest BCUT2D eigenvalue weighted by atomic mass is 10.1. The summed E-state index contributed by atoms with van der Waals surface area (Å²) in [5, 5.41) is 3.90. The Morgan fingerprint density at radius 1 is 0.960 bits per heavy atom. The molecule has 0 saturated carbocycles. The van der Waals surface area contributed by atoms with Gasteiger partial charge in [-0.2, -0.15) is 0 Å². The third-order valence-corrected chi connectivity index (χ3v) is 3.55. The fourth-order valence-electron chi connectivity index (χ4n) is 2.32. The first kappa shape index (κ1) is 16.4. The highest BCUT2D eigenvalue weighted by molar-refractivity contribution is 6.03. The number of halogens is 1. The predicted molar refractivity (Wildman–Crippen MR) is 88.0 cm³/mol. The Hall–Kier alpha value is -3.48. The van der Waals surface area contributed by atoms with E-state index in [-0.39, 0.29) is 11.1 Å². The molecule has 0 aliphatic carbocycles. The summed E-state index contributed by atoms with van der Waals surface area (Å²) in [7, 11) is 0. The second-order valence-electron chi connectivity index (χ2n) is 5.22. The van der Waals surface area contributed by atoms with Gasteiger partial charge in [-0.3, -0.25) is 20.4 Å². The molecule has 2 N–H and O–H groups in total. The van der Waals surface area contributed by atoms with Crippen LogP contribution in [0, 0.1) is 12.7 Å². The summed E-state index contributed by atoms with van der Waals surface area (Å²) in [6, 6.07) is 14.5. The Labute approximate surface area is 142 Å². The third kappa shape index (κ3) is 3.40. The number of nitrogens with zero attached hydrogens (tertiary/aromatic N) is 1. The molecule has 1 heterocycles. The van der Waals surface area contributed by atoms with Crippen LogP contribution < -0.4 is 10.9 Å². The standard InChI is InChI=1S/C18H14FN3O3/c1-11-15(16(22-25-11)12-7-3-2-4-8-12)18(24)21-20-17(23)13-9-5-6-10-14(13)19/h2-10H,1H3,(H,20,23)(H,21,24). The summed E-state index contributed by atoms with van der Waals surface area (Å²) in [5.41, 5.74) is 5.52. The highest BCUT2D eigenvalue weighted by Gasteiger charge is 2.22. The zero-order valence-electron chi connectivity index (χ0n) is 13.2. The molecule has 0 spiro atoms. The molecule has 0 aliphatic rings. The van der Waals surface area contributed by atoms with E-state index in [4.69, 9.17) is 4.52 Å². The molecule has 0 unspecified atom stereocenters. The highest BCUT2D eigenvalue weighted by atomic mass is 19.1. The number of hydrazine groups is 1. The first-order chi connectivity index (χ1) is 12.1. The lowest BCUT2D eigenvalue weighted by Crippen LogP contribution is -2.42. The number of benzene rings is 2. The van der Waals surface area contributed by atoms with E-state index in [0.717, 1.165) is 6.07 Å². The lowest BCUT2D eigenvalue weighted by Gasteiger charge is -2.08. The van der Waals surface area contributed by atoms with Crippen LogP contribution in [-0.4, -0.2) is 17.0 Å². The van der Waals surface area contributed by atoms with E-state index < -0.39 is 17.6 Å². The molecule has 0 atom stereocenters. The monoisotopic (exact) mass is 339 g/mol. The molecular weight excluding hydrogens is 325 g/mol. The van der Waals surface area contributed by atoms with Crippen LogP contribution in [0.2, 0.25) is 0 Å². The van der Waals surface area contributed by atoms with Gasteiger partial charge in [0.2, 0.25) is 0 Å². The second kappa shape index (κ2) is 6.96. The molecule has 0 bridgehead atoms. The predicted octanol–water partition coefficient (Wildman–Crippen LogP) is 2.86. The van der Waals surface area contributed by atoms with Crippen LogP contribution >= 0.6 is 0 Å². The molecule has 3 aromatic rings. The third-order valence-electron chi connectivity index (χ3n) is 3.55. The van der Waals surface area contributed by atoms with E-state index in [0.29, 0.717) is 17.0 Å². The summed E-state index contributed by atoms with van der Waals surface area (Å²) >= 11 is 0. The van der Waals surface area contributed by atoms with Gasteiger partial charge in [-0.25, -0.2) is 4.39 Å². The van der Waals surface area contributed by atoms with Crippen LogP contribution in [0.1, 0.15) is 26.5 Å². The average Bonchev–Trinajstić information content (AvgIpc) is 3.02. The van der Waals surface area contributed by atoms with E-state index in [1.807, 2.05) is 6.07 Å². The number of carbonyl (C=O) groups excluding carboxylic acids is 2. The molecule has 25 heavy (non-hydrogen) atoms. The second-order valence-corrected chi connectivity index (χ2v) is 5.22. The molecule has 2 amide bonds. The number of hydrogen-bond donors (Lipinski definition) is 2. The van der Waals surface area contributed by atoms with Crippen LogP contribution in [0.4, 0.5) is 4.39 Å². The summed E-state index contributed by atoms with van der Waals surface area (Å²) in [6.45, 7) is 1.59. The normalized spacial score (nSPS) is 10.3. The molecule has 1 aromatic heterocycles. The Morgan fingerprint density at radius 2 is 1.60 bits per heavy atom. The van der Waals surface area contributed by atoms with E-state index in [1.165, 1.54) is 18.2 Å². The smallest absolute Gasteiger partial charge is 0.275 e. The first-order valence-corrected chi connectivity index (χ1v) is 7.45. The van der Waals surface area contributed by atoms with Crippen LogP contribution in [0.25, 0.3) is 11.3 Å². The zero-order valence-corrected chi connectivity index (χ0v) is 13.2. The van der Waals surface area contributed by atoms with Crippen molar-refractivity contribution in [3.05, 3.63) is 77.3 Å². The van der Waals surface area contributed by atoms with Crippen molar-refractivity contribution in [3.8, 4) is 11.3 Å². The van der Waals surface area contributed by atoms with Gasteiger partial charge in [0, 0.05) is 5.56 Å². The SMILES string of the molecule is Cc1onc(-c2ccccc2)c1C(=O)NNC(=O)c1ccccc1F. The summed E-state index contributed by atoms with van der Waals surface area (Å²) in [6.07, 6.45) is 0. The van der Waals surface area contributed by atoms with Crippen LogP contribution in [-0.2, 0) is 0 Å². The Morgan fingerprint density at radius 3 is 2.32 bits per heavy atom. The number of amides is 2. The van der Waals surface area contributed by atoms with Crippen LogP contribution in [0.5, 0.6) is 0 Å². The number of rotatable bonds is 3. The summed E-state index contributed by atoms with van der Waals surface area (Å²) in [5.74, 6) is -1.75. The highest BCUT2D eigenvalue weighted by Crippen LogP contribution is 2.24. The number of aromatic nitrogens is 1. The number of carbonyl (C=O) groups is 2. The van der Waals surface area contributed by atoms with Crippen molar-refractivity contribution >= 4 is 11.8 Å². The van der Waals surface area contributed by atoms with Gasteiger partial charge < -0.3 is 4.52 Å². The van der Waals surface area contributed by atoms with E-state index in [1.54, 1.807) is 31.2 Å². The van der Waals surface area contributed by atoms with Gasteiger partial charge in [0.15, 0.2) is 0 Å². The van der Waals surface area contributed by atoms with Gasteiger partial charge in [-0.05, 0) is 19.1 Å². The molecule has 0 fully saturated rings. The Kier molecular flexibility index (Phi) is 4.56. The van der Waals surface area contributed by atoms with Crippen molar-refractivity contribution in [2.75, 3.05) is 0 Å². The molecular formula is C18H14FN3O3. The fourth-order valence-corrected chi connectivity index (χ4v) is 2.32. The first-order valence-electron chi connectivity index (χ1n) is 7.45. The van der Waals surface area contributed by atoms with Gasteiger partial charge in [0.1, 0.15) is 22.8 Å². The maximum atomic E-state index is 13.6. The quantitative estimate of drug-likeness (QED) is 0.719. The molecule has 6 nitrogen and oxygen atoms in total. The Balaban J connectivity index is 1.78. The van der Waals surface area contributed by atoms with Gasteiger partial charge in [0.05, 0.1) is 5.56 Å². The molecule has 2 aromatic carbocycles. The molecule has 0 saturated heterocycles. The minimum atomic E-state index is -0.762. The maximum Gasteiger partial charge on any atom is 0.275 e.